The smallest absolute Gasteiger partial charge is 0.407 e. The van der Waals surface area contributed by atoms with Crippen LogP contribution in [0.15, 0.2) is 112 Å². The molecule has 498 valence electrons. The molecule has 27 heteroatoms. The Morgan fingerprint density at radius 2 is 1.00 bits per heavy atom. The lowest BCUT2D eigenvalue weighted by atomic mass is 9.86. The molecule has 2 amide bonds. The normalized spacial score (nSPS) is 22.3. The third kappa shape index (κ3) is 18.4. The Hall–Kier alpha value is -6.66. The van der Waals surface area contributed by atoms with Gasteiger partial charge in [-0.2, -0.15) is 8.61 Å². The van der Waals surface area contributed by atoms with Gasteiger partial charge in [0.05, 0.1) is 78.1 Å². The van der Waals surface area contributed by atoms with Crippen LogP contribution in [0.1, 0.15) is 91.2 Å². The second-order valence-electron chi connectivity index (χ2n) is 25.4. The van der Waals surface area contributed by atoms with Crippen molar-refractivity contribution in [2.45, 2.75) is 152 Å². The fourth-order valence-corrected chi connectivity index (χ4v) is 15.1. The van der Waals surface area contributed by atoms with Crippen LogP contribution in [-0.4, -0.2) is 180 Å². The first-order valence-corrected chi connectivity index (χ1v) is 33.6. The van der Waals surface area contributed by atoms with E-state index in [1.54, 1.807) is 13.0 Å². The van der Waals surface area contributed by atoms with Gasteiger partial charge in [-0.25, -0.2) is 26.4 Å². The molecule has 0 aromatic heterocycles. The molecule has 0 radical (unpaired) electrons. The number of Topliss-reactive ketones (excluding diaryl/α,β-unsaturated/α-hetero) is 1. The zero-order valence-electron chi connectivity index (χ0n) is 52.2. The van der Waals surface area contributed by atoms with Gasteiger partial charge < -0.3 is 78.2 Å². The van der Waals surface area contributed by atoms with Gasteiger partial charge in [0.25, 0.3) is 0 Å². The number of nitrogens with one attached hydrogen (secondary N) is 2. The second-order valence-corrected chi connectivity index (χ2v) is 29.3. The lowest BCUT2D eigenvalue weighted by Crippen LogP contribution is -2.52. The Bertz CT molecular complexity index is 3380. The monoisotopic (exact) mass is 1310 g/mol. The van der Waals surface area contributed by atoms with Crippen LogP contribution in [0.2, 0.25) is 0 Å². The van der Waals surface area contributed by atoms with E-state index in [1.165, 1.54) is 45.9 Å². The number of rotatable bonds is 28. The molecule has 0 aliphatic carbocycles. The van der Waals surface area contributed by atoms with Gasteiger partial charge in [-0.05, 0) is 105 Å². The van der Waals surface area contributed by atoms with Crippen molar-refractivity contribution >= 4 is 43.7 Å². The molecule has 6 heterocycles. The quantitative estimate of drug-likeness (QED) is 0.0222. The molecule has 0 saturated carbocycles. The van der Waals surface area contributed by atoms with Crippen molar-refractivity contribution in [3.63, 3.8) is 0 Å². The molecule has 4 aromatic carbocycles. The van der Waals surface area contributed by atoms with Crippen molar-refractivity contribution in [3.8, 4) is 23.0 Å². The van der Waals surface area contributed by atoms with E-state index < -0.39 is 92.1 Å². The molecule has 8 unspecified atom stereocenters. The third-order valence-corrected chi connectivity index (χ3v) is 20.7. The van der Waals surface area contributed by atoms with Crippen molar-refractivity contribution in [3.05, 3.63) is 108 Å². The molecular weight excluding hydrogens is 1220 g/mol. The highest BCUT2D eigenvalue weighted by Gasteiger charge is 2.46. The fraction of sp³-hybridized carbons (Fsp3) is 0.562. The molecule has 6 aliphatic heterocycles. The van der Waals surface area contributed by atoms with Crippen molar-refractivity contribution < 1.29 is 94.0 Å². The van der Waals surface area contributed by atoms with Gasteiger partial charge in [-0.15, -0.1) is 0 Å². The fourth-order valence-electron chi connectivity index (χ4n) is 11.8. The van der Waals surface area contributed by atoms with Crippen LogP contribution >= 0.6 is 0 Å². The van der Waals surface area contributed by atoms with Gasteiger partial charge >= 0.3 is 12.2 Å². The number of nitrogens with zero attached hydrogens (tertiary/aromatic N) is 3. The molecule has 6 aliphatic rings. The Morgan fingerprint density at radius 3 is 1.41 bits per heavy atom. The van der Waals surface area contributed by atoms with E-state index in [4.69, 9.17) is 52.6 Å². The Labute approximate surface area is 531 Å². The topological polar surface area (TPSA) is 315 Å². The number of hydrogen-bond acceptors (Lipinski definition) is 21. The summed E-state index contributed by atoms with van der Waals surface area (Å²) in [6, 6.07) is 25.6. The minimum Gasteiger partial charge on any atom is -0.454 e. The Balaban J connectivity index is 0.000000215. The first-order chi connectivity index (χ1) is 43.4. The number of aliphatic hydroxyl groups is 2. The van der Waals surface area contributed by atoms with E-state index in [-0.39, 0.29) is 99.7 Å². The largest absolute Gasteiger partial charge is 0.454 e. The molecule has 5 N–H and O–H groups in total. The zero-order valence-corrected chi connectivity index (χ0v) is 53.8. The van der Waals surface area contributed by atoms with Gasteiger partial charge in [0.2, 0.25) is 33.6 Å². The van der Waals surface area contributed by atoms with E-state index in [9.17, 15) is 41.4 Å². The third-order valence-electron chi connectivity index (χ3n) is 17.1. The highest BCUT2D eigenvalue weighted by Crippen LogP contribution is 2.39. The van der Waals surface area contributed by atoms with E-state index in [2.05, 4.69) is 15.8 Å². The van der Waals surface area contributed by atoms with Crippen LogP contribution in [0, 0.1) is 22.7 Å². The number of sulfonamides is 2. The summed E-state index contributed by atoms with van der Waals surface area (Å²) in [5, 5.41) is 41.4. The average Bonchev–Trinajstić information content (AvgIpc) is 1.25. The van der Waals surface area contributed by atoms with E-state index in [0.29, 0.717) is 74.0 Å². The number of hydrogen-bond donors (Lipinski definition) is 5. The number of alkyl carbamates (subject to hydrolysis) is 2. The Morgan fingerprint density at radius 1 is 0.593 bits per heavy atom. The van der Waals surface area contributed by atoms with Crippen molar-refractivity contribution in [2.24, 2.45) is 27.8 Å². The van der Waals surface area contributed by atoms with Gasteiger partial charge in [-0.3, -0.25) is 0 Å². The number of ether oxygens (including phenoxy) is 10. The number of carbonyl (C=O) groups excluding carboxylic acids is 3. The van der Waals surface area contributed by atoms with E-state index in [0.717, 1.165) is 11.1 Å². The molecule has 91 heavy (non-hydrogen) atoms. The lowest BCUT2D eigenvalue weighted by Gasteiger charge is -2.35. The number of aliphatic hydroxyl groups excluding tert-OH is 2. The van der Waals surface area contributed by atoms with Gasteiger partial charge in [0, 0.05) is 44.7 Å². The molecule has 10 atom stereocenters. The van der Waals surface area contributed by atoms with E-state index in [1.807, 2.05) is 88.4 Å². The molecule has 4 aromatic rings. The lowest BCUT2D eigenvalue weighted by molar-refractivity contribution is -0.117. The first-order valence-electron chi connectivity index (χ1n) is 30.7. The van der Waals surface area contributed by atoms with E-state index >= 15 is 0 Å². The number of ketones is 1. The molecule has 4 saturated heterocycles. The summed E-state index contributed by atoms with van der Waals surface area (Å²) in [5.41, 5.74) is 0.996. The first kappa shape index (κ1) is 68.7. The average molecular weight is 1310 g/mol. The molecule has 10 rings (SSSR count). The van der Waals surface area contributed by atoms with Crippen LogP contribution in [0.5, 0.6) is 23.0 Å². The predicted octanol–water partition coefficient (Wildman–Crippen LogP) is 6.78. The van der Waals surface area contributed by atoms with Crippen LogP contribution in [0.4, 0.5) is 9.59 Å². The predicted molar refractivity (Wildman–Crippen MR) is 329 cm³/mol. The van der Waals surface area contributed by atoms with Crippen LogP contribution in [-0.2, 0) is 66.1 Å². The molecule has 0 bridgehead atoms. The van der Waals surface area contributed by atoms with Gasteiger partial charge in [0.15, 0.2) is 35.6 Å². The molecular formula is C64H85N5O20S2. The molecule has 0 spiro atoms. The summed E-state index contributed by atoms with van der Waals surface area (Å²) < 4.78 is 114. The summed E-state index contributed by atoms with van der Waals surface area (Å²) in [5.74, 6) is 1.38. The standard InChI is InChI=1S/C32H43N3O10S.C32H42N2O10S/c1-21(34-38)11-13-32(2,3)19-35(46(39,40)23-9-10-27-28(16-23)44-20-43-27)17-26(36)25(15-22-7-5-4-6-8-22)33-31(37)45-29-18-42-30-24(29)12-14-41-30;1-21(35)11-13-32(2,3)19-34(45(38,39)23-9-10-27-28(16-23)43-20-42-27)17-26(36)25(15-22-7-5-4-6-8-22)33-31(37)44-29-18-41-30-24(29)12-14-40-30/h4-10,16,24-26,29-30,36,38H,11-15,17-20H2,1-3H3,(H,33,37);4-10,16,24-26,29-30,36H,11-15,17-20H2,1-3H3,(H,33,37)/b34-21+;/t2*24?,25-,26?,29?,30?/m00/s1. The summed E-state index contributed by atoms with van der Waals surface area (Å²) >= 11 is 0. The zero-order chi connectivity index (χ0) is 65.1. The number of fused-ring (bicyclic) bond motifs is 4. The van der Waals surface area contributed by atoms with Crippen molar-refractivity contribution in [1.29, 1.82) is 0 Å². The van der Waals surface area contributed by atoms with Crippen LogP contribution in [0.3, 0.4) is 0 Å². The SMILES string of the molecule is C/C(CCC(C)(C)CN(CC(O)[C@H](Cc1ccccc1)NC(=O)OC1COC2OCCC12)S(=O)(=O)c1ccc2c(c1)OCO2)=N\O.CC(=O)CCC(C)(C)CN(CC(O)[C@H](Cc1ccccc1)NC(=O)OC1COC2OCCC12)S(=O)(=O)c1ccc2c(c1)OCO2. The number of amides is 2. The minimum atomic E-state index is -4.17. The maximum absolute atomic E-state index is 14.2. The molecule has 25 nitrogen and oxygen atoms in total. The maximum Gasteiger partial charge on any atom is 0.407 e. The van der Waals surface area contributed by atoms with Crippen molar-refractivity contribution in [2.75, 3.05) is 66.2 Å². The summed E-state index contributed by atoms with van der Waals surface area (Å²) in [6.07, 6.45) is -2.32. The van der Waals surface area contributed by atoms with Crippen molar-refractivity contribution in [1.82, 2.24) is 19.2 Å². The minimum absolute atomic E-state index is 0.00192. The summed E-state index contributed by atoms with van der Waals surface area (Å²) in [4.78, 5) is 38.1. The summed E-state index contributed by atoms with van der Waals surface area (Å²) in [7, 11) is -8.35. The number of carbonyl (C=O) groups is 3. The Kier molecular flexibility index (Phi) is 22.9. The highest BCUT2D eigenvalue weighted by molar-refractivity contribution is 7.89. The highest BCUT2D eigenvalue weighted by atomic mass is 32.2. The number of oxime groups is 1. The molecule has 4 fully saturated rings. The van der Waals surface area contributed by atoms with Crippen LogP contribution in [0.25, 0.3) is 0 Å². The van der Waals surface area contributed by atoms with Gasteiger partial charge in [0.1, 0.15) is 18.0 Å². The second kappa shape index (κ2) is 30.4. The van der Waals surface area contributed by atoms with Crippen LogP contribution < -0.4 is 29.6 Å². The van der Waals surface area contributed by atoms with Gasteiger partial charge in [-0.1, -0.05) is 93.5 Å². The summed E-state index contributed by atoms with van der Waals surface area (Å²) in [6.45, 7) is 11.6. The maximum atomic E-state index is 14.2. The number of benzene rings is 4.